The van der Waals surface area contributed by atoms with Gasteiger partial charge in [0.05, 0.1) is 4.21 Å². The summed E-state index contributed by atoms with van der Waals surface area (Å²) >= 11 is 6.06. The molecule has 0 spiro atoms. The normalized spacial score (nSPS) is 11.1. The van der Waals surface area contributed by atoms with Gasteiger partial charge in [0, 0.05) is 4.90 Å². The van der Waals surface area contributed by atoms with E-state index in [2.05, 4.69) is 48.8 Å². The molecule has 19 heavy (non-hydrogen) atoms. The van der Waals surface area contributed by atoms with E-state index in [9.17, 15) is 0 Å². The van der Waals surface area contributed by atoms with Gasteiger partial charge >= 0.3 is 0 Å². The molecule has 0 aliphatic heterocycles. The van der Waals surface area contributed by atoms with Crippen molar-refractivity contribution in [1.82, 2.24) is 0 Å². The first-order chi connectivity index (χ1) is 9.38. The third-order valence-corrected chi connectivity index (χ3v) is 6.81. The highest BCUT2D eigenvalue weighted by Crippen LogP contribution is 2.36. The van der Waals surface area contributed by atoms with Gasteiger partial charge in [-0.1, -0.05) is 52.4 Å². The summed E-state index contributed by atoms with van der Waals surface area (Å²) in [4.78, 5) is 1.53. The van der Waals surface area contributed by atoms with Gasteiger partial charge in [0.15, 0.2) is 0 Å². The van der Waals surface area contributed by atoms with E-state index in [1.54, 1.807) is 4.21 Å². The van der Waals surface area contributed by atoms with Crippen LogP contribution in [0.5, 0.6) is 0 Å². The third kappa shape index (κ3) is 8.31. The molecule has 0 radical (unpaired) electrons. The van der Waals surface area contributed by atoms with Crippen LogP contribution in [0.15, 0.2) is 20.6 Å². The van der Waals surface area contributed by atoms with Crippen molar-refractivity contribution >= 4 is 34.9 Å². The molecule has 3 heteroatoms. The van der Waals surface area contributed by atoms with Crippen LogP contribution in [0.1, 0.15) is 65.2 Å². The van der Waals surface area contributed by atoms with Crippen LogP contribution >= 0.6 is 34.9 Å². The highest BCUT2D eigenvalue weighted by Gasteiger charge is 2.05. The maximum atomic E-state index is 2.31. The number of rotatable bonds is 12. The van der Waals surface area contributed by atoms with Crippen LogP contribution in [0.3, 0.4) is 0 Å². The highest BCUT2D eigenvalue weighted by atomic mass is 32.2. The van der Waals surface area contributed by atoms with E-state index < -0.39 is 0 Å². The smallest absolute Gasteiger partial charge is 0.0734 e. The SMILES string of the molecule is CCCCCCSc1ccsc1SCCCCCC. The Kier molecular flexibility index (Phi) is 11.2. The highest BCUT2D eigenvalue weighted by molar-refractivity contribution is 8.03. The number of hydrogen-bond donors (Lipinski definition) is 0. The van der Waals surface area contributed by atoms with Gasteiger partial charge in [-0.2, -0.15) is 0 Å². The van der Waals surface area contributed by atoms with Crippen LogP contribution in [0.4, 0.5) is 0 Å². The fourth-order valence-corrected chi connectivity index (χ4v) is 5.46. The fraction of sp³-hybridized carbons (Fsp3) is 0.750. The van der Waals surface area contributed by atoms with Crippen molar-refractivity contribution in [3.63, 3.8) is 0 Å². The summed E-state index contributed by atoms with van der Waals surface area (Å²) in [6, 6.07) is 2.31. The molecule has 0 unspecified atom stereocenters. The molecule has 0 aliphatic rings. The van der Waals surface area contributed by atoms with Crippen molar-refractivity contribution in [2.75, 3.05) is 11.5 Å². The molecule has 0 amide bonds. The summed E-state index contributed by atoms with van der Waals surface area (Å²) in [5, 5.41) is 2.25. The molecular weight excluding hydrogens is 288 g/mol. The van der Waals surface area contributed by atoms with E-state index >= 15 is 0 Å². The van der Waals surface area contributed by atoms with Crippen molar-refractivity contribution < 1.29 is 0 Å². The quantitative estimate of drug-likeness (QED) is 0.298. The minimum Gasteiger partial charge on any atom is -0.136 e. The zero-order chi connectivity index (χ0) is 13.8. The Bertz CT molecular complexity index is 278. The number of thioether (sulfide) groups is 2. The predicted molar refractivity (Wildman–Crippen MR) is 94.1 cm³/mol. The largest absolute Gasteiger partial charge is 0.136 e. The third-order valence-electron chi connectivity index (χ3n) is 3.08. The minimum atomic E-state index is 1.29. The Morgan fingerprint density at radius 2 is 1.47 bits per heavy atom. The van der Waals surface area contributed by atoms with E-state index in [0.29, 0.717) is 0 Å². The number of thiophene rings is 1. The van der Waals surface area contributed by atoms with Crippen LogP contribution in [0, 0.1) is 0 Å². The molecule has 1 aromatic rings. The van der Waals surface area contributed by atoms with Crippen molar-refractivity contribution in [3.05, 3.63) is 11.4 Å². The van der Waals surface area contributed by atoms with E-state index in [0.717, 1.165) is 0 Å². The maximum absolute atomic E-state index is 2.31. The lowest BCUT2D eigenvalue weighted by molar-refractivity contribution is 0.706. The van der Waals surface area contributed by atoms with Gasteiger partial charge in [-0.25, -0.2) is 0 Å². The summed E-state index contributed by atoms with van der Waals surface area (Å²) in [5.41, 5.74) is 0. The lowest BCUT2D eigenvalue weighted by atomic mass is 10.2. The second-order valence-corrected chi connectivity index (χ2v) is 8.31. The summed E-state index contributed by atoms with van der Waals surface area (Å²) in [5.74, 6) is 2.59. The van der Waals surface area contributed by atoms with Crippen molar-refractivity contribution in [1.29, 1.82) is 0 Å². The molecule has 0 saturated carbocycles. The molecule has 0 aromatic carbocycles. The Morgan fingerprint density at radius 1 is 0.842 bits per heavy atom. The molecule has 0 atom stereocenters. The molecule has 1 heterocycles. The van der Waals surface area contributed by atoms with Crippen LogP contribution in [-0.2, 0) is 0 Å². The second kappa shape index (κ2) is 12.2. The second-order valence-electron chi connectivity index (χ2n) is 4.89. The number of hydrogen-bond acceptors (Lipinski definition) is 3. The maximum Gasteiger partial charge on any atom is 0.0734 e. The summed E-state index contributed by atoms with van der Waals surface area (Å²) in [7, 11) is 0. The van der Waals surface area contributed by atoms with Crippen LogP contribution in [0.2, 0.25) is 0 Å². The first-order valence-corrected chi connectivity index (χ1v) is 10.6. The molecule has 0 bridgehead atoms. The Balaban J connectivity index is 2.15. The van der Waals surface area contributed by atoms with Gasteiger partial charge in [0.25, 0.3) is 0 Å². The summed E-state index contributed by atoms with van der Waals surface area (Å²) < 4.78 is 1.55. The van der Waals surface area contributed by atoms with Crippen LogP contribution < -0.4 is 0 Å². The topological polar surface area (TPSA) is 0 Å². The first-order valence-electron chi connectivity index (χ1n) is 7.71. The van der Waals surface area contributed by atoms with E-state index in [1.165, 1.54) is 67.8 Å². The Labute approximate surface area is 132 Å². The van der Waals surface area contributed by atoms with E-state index in [1.807, 2.05) is 11.3 Å². The molecule has 0 N–H and O–H groups in total. The lowest BCUT2D eigenvalue weighted by Crippen LogP contribution is -1.83. The summed E-state index contributed by atoms with van der Waals surface area (Å²) in [6.07, 6.45) is 11.0. The molecule has 110 valence electrons. The van der Waals surface area contributed by atoms with Crippen LogP contribution in [-0.4, -0.2) is 11.5 Å². The molecule has 0 fully saturated rings. The first kappa shape index (κ1) is 17.5. The standard InChI is InChI=1S/C16H28S3/c1-3-5-7-9-12-17-15-11-14-19-16(15)18-13-10-8-6-4-2/h11,14H,3-10,12-13H2,1-2H3. The van der Waals surface area contributed by atoms with Gasteiger partial charge in [-0.3, -0.25) is 0 Å². The average Bonchev–Trinajstić information content (AvgIpc) is 2.86. The molecule has 1 rings (SSSR count). The molecule has 0 aliphatic carbocycles. The monoisotopic (exact) mass is 316 g/mol. The van der Waals surface area contributed by atoms with Crippen LogP contribution in [0.25, 0.3) is 0 Å². The van der Waals surface area contributed by atoms with Crippen molar-refractivity contribution in [2.24, 2.45) is 0 Å². The van der Waals surface area contributed by atoms with Gasteiger partial charge in [0.2, 0.25) is 0 Å². The average molecular weight is 317 g/mol. The van der Waals surface area contributed by atoms with E-state index in [4.69, 9.17) is 0 Å². The van der Waals surface area contributed by atoms with Gasteiger partial charge in [-0.15, -0.1) is 34.9 Å². The Hall–Kier alpha value is 0.400. The lowest BCUT2D eigenvalue weighted by Gasteiger charge is -2.04. The molecule has 0 nitrogen and oxygen atoms in total. The zero-order valence-electron chi connectivity index (χ0n) is 12.5. The predicted octanol–water partition coefficient (Wildman–Crippen LogP) is 7.09. The Morgan fingerprint density at radius 3 is 2.11 bits per heavy atom. The summed E-state index contributed by atoms with van der Waals surface area (Å²) in [6.45, 7) is 4.55. The molecule has 0 saturated heterocycles. The molecular formula is C16H28S3. The van der Waals surface area contributed by atoms with Crippen molar-refractivity contribution in [3.8, 4) is 0 Å². The minimum absolute atomic E-state index is 1.29. The van der Waals surface area contributed by atoms with Gasteiger partial charge in [-0.05, 0) is 35.8 Å². The fourth-order valence-electron chi connectivity index (χ4n) is 1.90. The van der Waals surface area contributed by atoms with E-state index in [-0.39, 0.29) is 0 Å². The van der Waals surface area contributed by atoms with Crippen molar-refractivity contribution in [2.45, 2.75) is 74.3 Å². The zero-order valence-corrected chi connectivity index (χ0v) is 14.9. The number of unbranched alkanes of at least 4 members (excludes halogenated alkanes) is 6. The van der Waals surface area contributed by atoms with Gasteiger partial charge < -0.3 is 0 Å². The van der Waals surface area contributed by atoms with Gasteiger partial charge in [0.1, 0.15) is 0 Å². The molecule has 1 aromatic heterocycles.